The molecule has 1 aromatic carbocycles. The third-order valence-corrected chi connectivity index (χ3v) is 5.66. The number of carbonyl (C=O) groups is 1. The molecular weight excluding hydrogens is 321 g/mol. The molecule has 0 aromatic heterocycles. The fourth-order valence-electron chi connectivity index (χ4n) is 3.97. The molecule has 0 saturated heterocycles. The van der Waals surface area contributed by atoms with E-state index in [0.717, 1.165) is 11.8 Å². The summed E-state index contributed by atoms with van der Waals surface area (Å²) in [5.74, 6) is 1.65. The molecule has 4 atom stereocenters. The second-order valence-electron chi connectivity index (χ2n) is 6.23. The smallest absolute Gasteiger partial charge is 0.252 e. The van der Waals surface area contributed by atoms with Crippen LogP contribution in [0, 0.1) is 23.6 Å². The zero-order chi connectivity index (χ0) is 14.3. The molecule has 0 spiro atoms. The Hall–Kier alpha value is -0.900. The average molecular weight is 340 g/mol. The van der Waals surface area contributed by atoms with Gasteiger partial charge in [-0.2, -0.15) is 0 Å². The quantitative estimate of drug-likeness (QED) is 0.880. The second kappa shape index (κ2) is 5.47. The lowest BCUT2D eigenvalue weighted by molar-refractivity contribution is 0.0914. The molecule has 0 heterocycles. The van der Waals surface area contributed by atoms with Crippen molar-refractivity contribution in [2.45, 2.75) is 38.6 Å². The summed E-state index contributed by atoms with van der Waals surface area (Å²) in [6.45, 7) is 2.08. The van der Waals surface area contributed by atoms with Gasteiger partial charge in [0.2, 0.25) is 0 Å². The molecule has 2 saturated carbocycles. The molecule has 108 valence electrons. The van der Waals surface area contributed by atoms with Gasteiger partial charge in [-0.05, 0) is 78.1 Å². The van der Waals surface area contributed by atoms with E-state index in [-0.39, 0.29) is 17.8 Å². The molecule has 1 amide bonds. The molecule has 3 rings (SSSR count). The van der Waals surface area contributed by atoms with Crippen LogP contribution in [0.3, 0.4) is 0 Å². The van der Waals surface area contributed by atoms with Gasteiger partial charge >= 0.3 is 0 Å². The lowest BCUT2D eigenvalue weighted by atomic mass is 9.84. The summed E-state index contributed by atoms with van der Waals surface area (Å²) in [6, 6.07) is 4.37. The molecular formula is C16H19BrFNO. The van der Waals surface area contributed by atoms with Crippen molar-refractivity contribution >= 4 is 21.8 Å². The van der Waals surface area contributed by atoms with Crippen LogP contribution in [0.4, 0.5) is 4.39 Å². The Bertz CT molecular complexity index is 533. The molecule has 2 bridgehead atoms. The SMILES string of the molecule is C[C@@H](NC(=O)c1cc(F)ccc1Br)[C@H]1C[C@@H]2CC[C@@H]1C2. The Kier molecular flexibility index (Phi) is 3.85. The average Bonchev–Trinajstić information content (AvgIpc) is 3.03. The first-order chi connectivity index (χ1) is 9.54. The van der Waals surface area contributed by atoms with Gasteiger partial charge < -0.3 is 5.32 Å². The van der Waals surface area contributed by atoms with Gasteiger partial charge in [-0.3, -0.25) is 4.79 Å². The van der Waals surface area contributed by atoms with E-state index >= 15 is 0 Å². The van der Waals surface area contributed by atoms with Gasteiger partial charge in [-0.15, -0.1) is 0 Å². The lowest BCUT2D eigenvalue weighted by Crippen LogP contribution is -2.40. The molecule has 2 aliphatic carbocycles. The Balaban J connectivity index is 1.68. The fourth-order valence-corrected chi connectivity index (χ4v) is 4.40. The minimum absolute atomic E-state index is 0.160. The van der Waals surface area contributed by atoms with Crippen LogP contribution in [0.2, 0.25) is 0 Å². The Morgan fingerprint density at radius 1 is 1.40 bits per heavy atom. The van der Waals surface area contributed by atoms with E-state index in [2.05, 4.69) is 28.2 Å². The van der Waals surface area contributed by atoms with Gasteiger partial charge in [-0.1, -0.05) is 6.42 Å². The molecule has 0 radical (unpaired) electrons. The molecule has 20 heavy (non-hydrogen) atoms. The highest BCUT2D eigenvalue weighted by molar-refractivity contribution is 9.10. The van der Waals surface area contributed by atoms with Crippen LogP contribution in [0.15, 0.2) is 22.7 Å². The van der Waals surface area contributed by atoms with Gasteiger partial charge in [0.15, 0.2) is 0 Å². The van der Waals surface area contributed by atoms with Gasteiger partial charge in [0.05, 0.1) is 5.56 Å². The zero-order valence-corrected chi connectivity index (χ0v) is 13.1. The first-order valence-corrected chi connectivity index (χ1v) is 8.10. The van der Waals surface area contributed by atoms with Crippen molar-refractivity contribution in [1.29, 1.82) is 0 Å². The number of carbonyl (C=O) groups excluding carboxylic acids is 1. The molecule has 1 aromatic rings. The van der Waals surface area contributed by atoms with Crippen LogP contribution in [0.5, 0.6) is 0 Å². The predicted molar refractivity (Wildman–Crippen MR) is 80.0 cm³/mol. The first-order valence-electron chi connectivity index (χ1n) is 7.30. The number of halogens is 2. The first kappa shape index (κ1) is 14.1. The van der Waals surface area contributed by atoms with E-state index in [0.29, 0.717) is 16.0 Å². The highest BCUT2D eigenvalue weighted by Crippen LogP contribution is 2.49. The molecule has 0 unspecified atom stereocenters. The molecule has 2 fully saturated rings. The number of benzene rings is 1. The van der Waals surface area contributed by atoms with Gasteiger partial charge in [0, 0.05) is 10.5 Å². The summed E-state index contributed by atoms with van der Waals surface area (Å²) in [7, 11) is 0. The molecule has 4 heteroatoms. The van der Waals surface area contributed by atoms with Crippen LogP contribution in [-0.4, -0.2) is 11.9 Å². The maximum absolute atomic E-state index is 13.3. The highest BCUT2D eigenvalue weighted by atomic mass is 79.9. The number of amides is 1. The van der Waals surface area contributed by atoms with Crippen molar-refractivity contribution in [1.82, 2.24) is 5.32 Å². The number of hydrogen-bond donors (Lipinski definition) is 1. The van der Waals surface area contributed by atoms with E-state index in [1.54, 1.807) is 6.07 Å². The zero-order valence-electron chi connectivity index (χ0n) is 11.5. The number of nitrogens with one attached hydrogen (secondary N) is 1. The maximum Gasteiger partial charge on any atom is 0.252 e. The lowest BCUT2D eigenvalue weighted by Gasteiger charge is -2.28. The van der Waals surface area contributed by atoms with Crippen LogP contribution in [0.25, 0.3) is 0 Å². The fraction of sp³-hybridized carbons (Fsp3) is 0.562. The third kappa shape index (κ3) is 2.62. The Morgan fingerprint density at radius 3 is 2.85 bits per heavy atom. The Morgan fingerprint density at radius 2 is 2.20 bits per heavy atom. The number of hydrogen-bond acceptors (Lipinski definition) is 1. The van der Waals surface area contributed by atoms with E-state index in [4.69, 9.17) is 0 Å². The van der Waals surface area contributed by atoms with Crippen LogP contribution < -0.4 is 5.32 Å². The summed E-state index contributed by atoms with van der Waals surface area (Å²) < 4.78 is 13.9. The second-order valence-corrected chi connectivity index (χ2v) is 7.08. The largest absolute Gasteiger partial charge is 0.349 e. The van der Waals surface area contributed by atoms with Crippen molar-refractivity contribution in [3.63, 3.8) is 0 Å². The highest BCUT2D eigenvalue weighted by Gasteiger charge is 2.42. The predicted octanol–water partition coefficient (Wildman–Crippen LogP) is 4.14. The van der Waals surface area contributed by atoms with Gasteiger partial charge in [0.1, 0.15) is 5.82 Å². The molecule has 2 nitrogen and oxygen atoms in total. The molecule has 1 N–H and O–H groups in total. The molecule has 0 aliphatic heterocycles. The van der Waals surface area contributed by atoms with Crippen LogP contribution in [0.1, 0.15) is 43.0 Å². The summed E-state index contributed by atoms with van der Waals surface area (Å²) in [5, 5.41) is 3.06. The summed E-state index contributed by atoms with van der Waals surface area (Å²) in [4.78, 5) is 12.3. The van der Waals surface area contributed by atoms with Crippen LogP contribution >= 0.6 is 15.9 Å². The van der Waals surface area contributed by atoms with E-state index < -0.39 is 0 Å². The minimum Gasteiger partial charge on any atom is -0.349 e. The van der Waals surface area contributed by atoms with E-state index in [9.17, 15) is 9.18 Å². The van der Waals surface area contributed by atoms with E-state index in [1.165, 1.54) is 37.8 Å². The maximum atomic E-state index is 13.3. The van der Waals surface area contributed by atoms with E-state index in [1.807, 2.05) is 0 Å². The van der Waals surface area contributed by atoms with Crippen molar-refractivity contribution in [3.05, 3.63) is 34.1 Å². The summed E-state index contributed by atoms with van der Waals surface area (Å²) in [5.41, 5.74) is 0.375. The van der Waals surface area contributed by atoms with Gasteiger partial charge in [-0.25, -0.2) is 4.39 Å². The van der Waals surface area contributed by atoms with Gasteiger partial charge in [0.25, 0.3) is 5.91 Å². The van der Waals surface area contributed by atoms with Crippen molar-refractivity contribution in [3.8, 4) is 0 Å². The number of fused-ring (bicyclic) bond motifs is 2. The minimum atomic E-state index is -0.383. The Labute approximate surface area is 127 Å². The van der Waals surface area contributed by atoms with Crippen molar-refractivity contribution < 1.29 is 9.18 Å². The number of rotatable bonds is 3. The third-order valence-electron chi connectivity index (χ3n) is 4.97. The molecule has 2 aliphatic rings. The normalized spacial score (nSPS) is 29.4. The summed E-state index contributed by atoms with van der Waals surface area (Å²) in [6.07, 6.45) is 5.22. The monoisotopic (exact) mass is 339 g/mol. The standard InChI is InChI=1S/C16H19BrFNO/c1-9(13-7-10-2-3-11(13)6-10)19-16(20)14-8-12(18)4-5-15(14)17/h4-5,8-11,13H,2-3,6-7H2,1H3,(H,19,20)/t9-,10-,11-,13-/m1/s1. The topological polar surface area (TPSA) is 29.1 Å². The van der Waals surface area contributed by atoms with Crippen molar-refractivity contribution in [2.75, 3.05) is 0 Å². The van der Waals surface area contributed by atoms with Crippen LogP contribution in [-0.2, 0) is 0 Å². The van der Waals surface area contributed by atoms with Crippen molar-refractivity contribution in [2.24, 2.45) is 17.8 Å². The summed E-state index contributed by atoms with van der Waals surface area (Å²) >= 11 is 3.31.